The number of hydrogen-bond acceptors (Lipinski definition) is 3. The molecular formula is C15H18FNOS. The molecule has 1 aromatic heterocycles. The first-order chi connectivity index (χ1) is 9.13. The average Bonchev–Trinajstić information content (AvgIpc) is 2.64. The summed E-state index contributed by atoms with van der Waals surface area (Å²) in [5, 5.41) is 10.7. The van der Waals surface area contributed by atoms with Crippen molar-refractivity contribution in [3.05, 3.63) is 34.7 Å². The Morgan fingerprint density at radius 3 is 2.74 bits per heavy atom. The van der Waals surface area contributed by atoms with E-state index in [0.29, 0.717) is 11.4 Å². The predicted molar refractivity (Wildman–Crippen MR) is 79.5 cm³/mol. The van der Waals surface area contributed by atoms with Crippen LogP contribution in [0.1, 0.15) is 23.3 Å². The third-order valence-electron chi connectivity index (χ3n) is 3.14. The fourth-order valence-electron chi connectivity index (χ4n) is 2.14. The van der Waals surface area contributed by atoms with Gasteiger partial charge in [0.25, 0.3) is 0 Å². The van der Waals surface area contributed by atoms with Gasteiger partial charge in [-0.2, -0.15) is 0 Å². The second-order valence-electron chi connectivity index (χ2n) is 4.59. The molecule has 0 saturated carbocycles. The minimum Gasteiger partial charge on any atom is -0.506 e. The molecule has 1 heterocycles. The van der Waals surface area contributed by atoms with Crippen LogP contribution in [-0.2, 0) is 6.42 Å². The van der Waals surface area contributed by atoms with Crippen molar-refractivity contribution >= 4 is 16.3 Å². The van der Waals surface area contributed by atoms with Gasteiger partial charge in [0, 0.05) is 4.88 Å². The van der Waals surface area contributed by atoms with E-state index in [4.69, 9.17) is 5.73 Å². The van der Waals surface area contributed by atoms with E-state index in [0.717, 1.165) is 34.4 Å². The molecule has 0 fully saturated rings. The molecule has 2 rings (SSSR count). The molecule has 4 heteroatoms. The van der Waals surface area contributed by atoms with Gasteiger partial charge in [-0.25, -0.2) is 0 Å². The highest BCUT2D eigenvalue weighted by atomic mass is 32.1. The van der Waals surface area contributed by atoms with Crippen LogP contribution >= 0.6 is 11.3 Å². The normalized spacial score (nSPS) is 10.8. The van der Waals surface area contributed by atoms with Gasteiger partial charge >= 0.3 is 0 Å². The van der Waals surface area contributed by atoms with Crippen LogP contribution in [0.15, 0.2) is 24.3 Å². The minimum absolute atomic E-state index is 0.267. The van der Waals surface area contributed by atoms with Crippen LogP contribution in [0.4, 0.5) is 9.39 Å². The Labute approximate surface area is 116 Å². The van der Waals surface area contributed by atoms with Crippen molar-refractivity contribution in [3.63, 3.8) is 0 Å². The number of alkyl halides is 1. The lowest BCUT2D eigenvalue weighted by Gasteiger charge is -2.06. The van der Waals surface area contributed by atoms with Crippen molar-refractivity contribution in [1.82, 2.24) is 0 Å². The number of aromatic hydroxyl groups is 1. The molecule has 0 atom stereocenters. The predicted octanol–water partition coefficient (Wildman–Crippen LogP) is 4.30. The largest absolute Gasteiger partial charge is 0.506 e. The van der Waals surface area contributed by atoms with Gasteiger partial charge in [-0.15, -0.1) is 11.3 Å². The fourth-order valence-corrected chi connectivity index (χ4v) is 2.99. The summed E-state index contributed by atoms with van der Waals surface area (Å²) < 4.78 is 12.1. The maximum atomic E-state index is 12.1. The van der Waals surface area contributed by atoms with Crippen LogP contribution in [0.5, 0.6) is 5.75 Å². The lowest BCUT2D eigenvalue weighted by molar-refractivity contribution is 0.462. The smallest absolute Gasteiger partial charge is 0.139 e. The number of thiophene rings is 1. The van der Waals surface area contributed by atoms with Gasteiger partial charge in [-0.3, -0.25) is 4.39 Å². The maximum absolute atomic E-state index is 12.1. The van der Waals surface area contributed by atoms with Crippen molar-refractivity contribution < 1.29 is 9.50 Å². The minimum atomic E-state index is -0.267. The Balaban J connectivity index is 2.27. The molecule has 0 aliphatic heterocycles. The number of aryl methyl sites for hydroxylation is 2. The molecule has 3 N–H and O–H groups in total. The molecule has 0 bridgehead atoms. The highest BCUT2D eigenvalue weighted by Crippen LogP contribution is 2.43. The van der Waals surface area contributed by atoms with Crippen LogP contribution in [-0.4, -0.2) is 11.8 Å². The molecule has 1 aromatic carbocycles. The van der Waals surface area contributed by atoms with Crippen LogP contribution in [0.2, 0.25) is 0 Å². The van der Waals surface area contributed by atoms with E-state index in [1.807, 2.05) is 31.2 Å². The summed E-state index contributed by atoms with van der Waals surface area (Å²) in [6.07, 6.45) is 2.28. The first-order valence-corrected chi connectivity index (χ1v) is 7.18. The van der Waals surface area contributed by atoms with Crippen LogP contribution in [0, 0.1) is 6.92 Å². The molecule has 0 amide bonds. The second kappa shape index (κ2) is 6.06. The molecule has 0 saturated heterocycles. The number of anilines is 1. The number of nitrogen functional groups attached to an aromatic ring is 1. The van der Waals surface area contributed by atoms with Gasteiger partial charge in [0.2, 0.25) is 0 Å². The maximum Gasteiger partial charge on any atom is 0.139 e. The van der Waals surface area contributed by atoms with Crippen molar-refractivity contribution in [1.29, 1.82) is 0 Å². The van der Waals surface area contributed by atoms with Crippen LogP contribution in [0.3, 0.4) is 0 Å². The molecule has 2 aromatic rings. The van der Waals surface area contributed by atoms with E-state index in [-0.39, 0.29) is 12.4 Å². The Hall–Kier alpha value is -1.55. The van der Waals surface area contributed by atoms with Crippen molar-refractivity contribution in [2.75, 3.05) is 12.4 Å². The zero-order valence-corrected chi connectivity index (χ0v) is 11.8. The number of benzene rings is 1. The Kier molecular flexibility index (Phi) is 4.43. The fraction of sp³-hybridized carbons (Fsp3) is 0.333. The zero-order chi connectivity index (χ0) is 13.8. The summed E-state index contributed by atoms with van der Waals surface area (Å²) >= 11 is 1.40. The second-order valence-corrected chi connectivity index (χ2v) is 5.85. The van der Waals surface area contributed by atoms with Gasteiger partial charge in [-0.05, 0) is 37.3 Å². The van der Waals surface area contributed by atoms with Crippen LogP contribution < -0.4 is 5.73 Å². The van der Waals surface area contributed by atoms with Crippen molar-refractivity contribution in [3.8, 4) is 16.9 Å². The quantitative estimate of drug-likeness (QED) is 0.801. The third kappa shape index (κ3) is 3.07. The molecule has 0 aliphatic rings. The number of unbranched alkanes of at least 4 members (excludes halogenated alkanes) is 1. The van der Waals surface area contributed by atoms with Crippen molar-refractivity contribution in [2.45, 2.75) is 26.2 Å². The number of halogens is 1. The standard InChI is InChI=1S/C15H18FNOS/c1-10-14(18)13(15(17)19-10)12-7-4-6-11(9-12)5-2-3-8-16/h4,6-7,9,18H,2-3,5,8,17H2,1H3. The molecule has 0 spiro atoms. The van der Waals surface area contributed by atoms with Gasteiger partial charge < -0.3 is 10.8 Å². The van der Waals surface area contributed by atoms with E-state index in [1.54, 1.807) is 0 Å². The molecule has 0 radical (unpaired) electrons. The Morgan fingerprint density at radius 1 is 1.32 bits per heavy atom. The highest BCUT2D eigenvalue weighted by Gasteiger charge is 2.14. The van der Waals surface area contributed by atoms with E-state index >= 15 is 0 Å². The Morgan fingerprint density at radius 2 is 2.11 bits per heavy atom. The van der Waals surface area contributed by atoms with Crippen molar-refractivity contribution in [2.24, 2.45) is 0 Å². The summed E-state index contributed by atoms with van der Waals surface area (Å²) in [4.78, 5) is 0.829. The zero-order valence-electron chi connectivity index (χ0n) is 10.9. The average molecular weight is 279 g/mol. The number of hydrogen-bond donors (Lipinski definition) is 2. The molecule has 0 aliphatic carbocycles. The topological polar surface area (TPSA) is 46.2 Å². The molecule has 0 unspecified atom stereocenters. The number of nitrogens with two attached hydrogens (primary N) is 1. The van der Waals surface area contributed by atoms with E-state index in [9.17, 15) is 9.50 Å². The Bertz CT molecular complexity index is 565. The summed E-state index contributed by atoms with van der Waals surface area (Å²) in [5.74, 6) is 0.267. The molecule has 2 nitrogen and oxygen atoms in total. The third-order valence-corrected chi connectivity index (χ3v) is 4.07. The summed E-state index contributed by atoms with van der Waals surface area (Å²) in [7, 11) is 0. The summed E-state index contributed by atoms with van der Waals surface area (Å²) in [5.41, 5.74) is 8.75. The van der Waals surface area contributed by atoms with E-state index in [1.165, 1.54) is 11.3 Å². The SMILES string of the molecule is Cc1sc(N)c(-c2cccc(CCCCF)c2)c1O. The van der Waals surface area contributed by atoms with Gasteiger partial charge in [-0.1, -0.05) is 24.3 Å². The lowest BCUT2D eigenvalue weighted by atomic mass is 10.0. The van der Waals surface area contributed by atoms with Gasteiger partial charge in [0.15, 0.2) is 0 Å². The van der Waals surface area contributed by atoms with E-state index in [2.05, 4.69) is 0 Å². The number of rotatable bonds is 5. The summed E-state index contributed by atoms with van der Waals surface area (Å²) in [6.45, 7) is 1.59. The first-order valence-electron chi connectivity index (χ1n) is 6.36. The molecule has 19 heavy (non-hydrogen) atoms. The van der Waals surface area contributed by atoms with Gasteiger partial charge in [0.1, 0.15) is 5.75 Å². The van der Waals surface area contributed by atoms with E-state index < -0.39 is 0 Å². The molecular weight excluding hydrogens is 261 g/mol. The van der Waals surface area contributed by atoms with Crippen LogP contribution in [0.25, 0.3) is 11.1 Å². The van der Waals surface area contributed by atoms with Gasteiger partial charge in [0.05, 0.1) is 17.2 Å². The monoisotopic (exact) mass is 279 g/mol. The molecule has 102 valence electrons. The first kappa shape index (κ1) is 13.9. The highest BCUT2D eigenvalue weighted by molar-refractivity contribution is 7.16. The lowest BCUT2D eigenvalue weighted by Crippen LogP contribution is -1.89. The summed E-state index contributed by atoms with van der Waals surface area (Å²) in [6, 6.07) is 7.94.